The summed E-state index contributed by atoms with van der Waals surface area (Å²) in [7, 11) is 1.90. The van der Waals surface area contributed by atoms with E-state index in [1.54, 1.807) is 0 Å². The van der Waals surface area contributed by atoms with Crippen molar-refractivity contribution in [1.29, 1.82) is 0 Å². The van der Waals surface area contributed by atoms with Crippen molar-refractivity contribution in [2.75, 3.05) is 33.3 Å². The molecule has 1 fully saturated rings. The molecule has 0 aliphatic carbocycles. The van der Waals surface area contributed by atoms with Crippen molar-refractivity contribution < 1.29 is 9.84 Å². The van der Waals surface area contributed by atoms with E-state index in [-0.39, 0.29) is 23.9 Å². The molecule has 1 saturated heterocycles. The predicted molar refractivity (Wildman–Crippen MR) is 70.2 cm³/mol. The number of hydrogen-bond donors (Lipinski definition) is 2. The number of hydrogen-bond acceptors (Lipinski definition) is 4. The Labute approximate surface area is 105 Å². The summed E-state index contributed by atoms with van der Waals surface area (Å²) in [6, 6.07) is 0. The van der Waals surface area contributed by atoms with Crippen molar-refractivity contribution in [3.63, 3.8) is 0 Å². The molecule has 0 aromatic rings. The molecule has 17 heavy (non-hydrogen) atoms. The van der Waals surface area contributed by atoms with Gasteiger partial charge in [-0.1, -0.05) is 0 Å². The van der Waals surface area contributed by atoms with Crippen molar-refractivity contribution in [3.05, 3.63) is 0 Å². The van der Waals surface area contributed by atoms with E-state index in [4.69, 9.17) is 4.74 Å². The monoisotopic (exact) mass is 244 g/mol. The molecule has 0 aromatic heterocycles. The molecule has 4 heteroatoms. The molecule has 0 aromatic carbocycles. The van der Waals surface area contributed by atoms with Gasteiger partial charge in [-0.3, -0.25) is 4.90 Å². The molecule has 0 saturated carbocycles. The normalized spacial score (nSPS) is 28.9. The van der Waals surface area contributed by atoms with E-state index in [1.165, 1.54) is 0 Å². The summed E-state index contributed by atoms with van der Waals surface area (Å²) in [5, 5.41) is 12.6. The van der Waals surface area contributed by atoms with E-state index in [0.29, 0.717) is 0 Å². The largest absolute Gasteiger partial charge is 0.394 e. The van der Waals surface area contributed by atoms with Crippen LogP contribution in [0.15, 0.2) is 0 Å². The van der Waals surface area contributed by atoms with Crippen molar-refractivity contribution in [3.8, 4) is 0 Å². The standard InChI is InChI=1S/C13H28N2O2/c1-11-8-15(9-12(2,3)17-11)7-6-13(4,10-16)14-5/h11,14,16H,6-10H2,1-5H3. The van der Waals surface area contributed by atoms with Gasteiger partial charge in [0.2, 0.25) is 0 Å². The highest BCUT2D eigenvalue weighted by atomic mass is 16.5. The van der Waals surface area contributed by atoms with Gasteiger partial charge in [-0.05, 0) is 41.2 Å². The average Bonchev–Trinajstić information content (AvgIpc) is 2.23. The first-order valence-electron chi connectivity index (χ1n) is 6.50. The zero-order valence-corrected chi connectivity index (χ0v) is 11.9. The lowest BCUT2D eigenvalue weighted by Crippen LogP contribution is -2.54. The summed E-state index contributed by atoms with van der Waals surface area (Å²) < 4.78 is 5.88. The lowest BCUT2D eigenvalue weighted by Gasteiger charge is -2.42. The van der Waals surface area contributed by atoms with Crippen LogP contribution in [0.1, 0.15) is 34.1 Å². The van der Waals surface area contributed by atoms with Gasteiger partial charge in [0.1, 0.15) is 0 Å². The molecule has 1 rings (SSSR count). The Balaban J connectivity index is 2.46. The second-order valence-corrected chi connectivity index (χ2v) is 6.14. The predicted octanol–water partition coefficient (Wildman–Crippen LogP) is 0.846. The van der Waals surface area contributed by atoms with E-state index in [0.717, 1.165) is 26.1 Å². The fraction of sp³-hybridized carbons (Fsp3) is 1.00. The molecule has 0 amide bonds. The summed E-state index contributed by atoms with van der Waals surface area (Å²) >= 11 is 0. The number of morpholine rings is 1. The Morgan fingerprint density at radius 1 is 1.53 bits per heavy atom. The van der Waals surface area contributed by atoms with Crippen LogP contribution in [0.3, 0.4) is 0 Å². The first kappa shape index (κ1) is 14.9. The van der Waals surface area contributed by atoms with Crippen LogP contribution in [0.2, 0.25) is 0 Å². The second kappa shape index (κ2) is 5.65. The van der Waals surface area contributed by atoms with Crippen molar-refractivity contribution in [2.24, 2.45) is 0 Å². The van der Waals surface area contributed by atoms with Crippen molar-refractivity contribution >= 4 is 0 Å². The van der Waals surface area contributed by atoms with Gasteiger partial charge in [-0.15, -0.1) is 0 Å². The number of aliphatic hydroxyl groups excluding tert-OH is 1. The van der Waals surface area contributed by atoms with Crippen LogP contribution < -0.4 is 5.32 Å². The molecule has 1 aliphatic heterocycles. The summed E-state index contributed by atoms with van der Waals surface area (Å²) in [6.45, 7) is 11.6. The van der Waals surface area contributed by atoms with Crippen molar-refractivity contribution in [1.82, 2.24) is 10.2 Å². The summed E-state index contributed by atoms with van der Waals surface area (Å²) in [5.41, 5.74) is -0.237. The Kier molecular flexibility index (Phi) is 4.95. The number of likely N-dealkylation sites (N-methyl/N-ethyl adjacent to an activating group) is 1. The molecule has 2 N–H and O–H groups in total. The van der Waals surface area contributed by atoms with Crippen LogP contribution >= 0.6 is 0 Å². The molecule has 2 unspecified atom stereocenters. The zero-order chi connectivity index (χ0) is 13.1. The maximum absolute atomic E-state index is 9.36. The first-order valence-corrected chi connectivity index (χ1v) is 6.50. The third kappa shape index (κ3) is 4.54. The first-order chi connectivity index (χ1) is 7.80. The molecule has 102 valence electrons. The molecule has 4 nitrogen and oxygen atoms in total. The number of nitrogens with one attached hydrogen (secondary N) is 1. The molecule has 0 bridgehead atoms. The van der Waals surface area contributed by atoms with Gasteiger partial charge in [0.05, 0.1) is 18.3 Å². The molecule has 1 aliphatic rings. The molecule has 0 spiro atoms. The van der Waals surface area contributed by atoms with Gasteiger partial charge in [-0.25, -0.2) is 0 Å². The lowest BCUT2D eigenvalue weighted by atomic mass is 9.97. The van der Waals surface area contributed by atoms with Crippen LogP contribution in [0.5, 0.6) is 0 Å². The fourth-order valence-electron chi connectivity index (χ4n) is 2.44. The maximum atomic E-state index is 9.36. The highest BCUT2D eigenvalue weighted by molar-refractivity contribution is 4.86. The van der Waals surface area contributed by atoms with Gasteiger partial charge >= 0.3 is 0 Å². The van der Waals surface area contributed by atoms with E-state index >= 15 is 0 Å². The van der Waals surface area contributed by atoms with E-state index in [2.05, 4.69) is 37.9 Å². The zero-order valence-electron chi connectivity index (χ0n) is 11.9. The Morgan fingerprint density at radius 3 is 2.65 bits per heavy atom. The van der Waals surface area contributed by atoms with Gasteiger partial charge in [0.15, 0.2) is 0 Å². The summed E-state index contributed by atoms with van der Waals surface area (Å²) in [5.74, 6) is 0. The van der Waals surface area contributed by atoms with E-state index in [9.17, 15) is 5.11 Å². The highest BCUT2D eigenvalue weighted by Crippen LogP contribution is 2.21. The molecular weight excluding hydrogens is 216 g/mol. The average molecular weight is 244 g/mol. The maximum Gasteiger partial charge on any atom is 0.0757 e. The second-order valence-electron chi connectivity index (χ2n) is 6.14. The number of ether oxygens (including phenoxy) is 1. The van der Waals surface area contributed by atoms with E-state index < -0.39 is 0 Å². The van der Waals surface area contributed by atoms with Gasteiger partial charge < -0.3 is 15.2 Å². The molecule has 1 heterocycles. The van der Waals surface area contributed by atoms with Crippen molar-refractivity contribution in [2.45, 2.75) is 51.4 Å². The van der Waals surface area contributed by atoms with Crippen LogP contribution in [0.4, 0.5) is 0 Å². The van der Waals surface area contributed by atoms with Gasteiger partial charge in [0.25, 0.3) is 0 Å². The minimum Gasteiger partial charge on any atom is -0.394 e. The van der Waals surface area contributed by atoms with Crippen LogP contribution in [0.25, 0.3) is 0 Å². The topological polar surface area (TPSA) is 44.7 Å². The quantitative estimate of drug-likeness (QED) is 0.752. The minimum atomic E-state index is -0.175. The fourth-order valence-corrected chi connectivity index (χ4v) is 2.44. The number of rotatable bonds is 5. The van der Waals surface area contributed by atoms with Gasteiger partial charge in [0, 0.05) is 25.2 Å². The van der Waals surface area contributed by atoms with Crippen LogP contribution in [-0.4, -0.2) is 60.5 Å². The lowest BCUT2D eigenvalue weighted by molar-refractivity contribution is -0.129. The third-order valence-electron chi connectivity index (χ3n) is 3.57. The molecule has 0 radical (unpaired) electrons. The molecule has 2 atom stereocenters. The third-order valence-corrected chi connectivity index (χ3v) is 3.57. The number of nitrogens with zero attached hydrogens (tertiary/aromatic N) is 1. The smallest absolute Gasteiger partial charge is 0.0757 e. The van der Waals surface area contributed by atoms with E-state index in [1.807, 2.05) is 7.05 Å². The van der Waals surface area contributed by atoms with Crippen LogP contribution in [0, 0.1) is 0 Å². The SMILES string of the molecule is CNC(C)(CO)CCN1CC(C)OC(C)(C)C1. The Bertz CT molecular complexity index is 240. The van der Waals surface area contributed by atoms with Gasteiger partial charge in [-0.2, -0.15) is 0 Å². The molecular formula is C13H28N2O2. The number of aliphatic hydroxyl groups is 1. The Morgan fingerprint density at radius 2 is 2.18 bits per heavy atom. The van der Waals surface area contributed by atoms with Crippen LogP contribution in [-0.2, 0) is 4.74 Å². The highest BCUT2D eigenvalue weighted by Gasteiger charge is 2.32. The Hall–Kier alpha value is -0.160. The summed E-state index contributed by atoms with van der Waals surface area (Å²) in [6.07, 6.45) is 1.23. The summed E-state index contributed by atoms with van der Waals surface area (Å²) in [4.78, 5) is 2.43. The minimum absolute atomic E-state index is 0.0626.